The highest BCUT2D eigenvalue weighted by Gasteiger charge is 2.10. The molecule has 0 aliphatic heterocycles. The van der Waals surface area contributed by atoms with Gasteiger partial charge in [0.05, 0.1) is 20.8 Å². The Balaban J connectivity index is 1.56. The summed E-state index contributed by atoms with van der Waals surface area (Å²) in [6.45, 7) is 0.886. The number of aliphatic imine (C=N–C) groups is 1. The van der Waals surface area contributed by atoms with E-state index < -0.39 is 0 Å². The molecular formula is C20H22ClN5O3. The van der Waals surface area contributed by atoms with Gasteiger partial charge in [0.2, 0.25) is 11.7 Å². The number of nitrogens with zero attached hydrogens (tertiary/aromatic N) is 3. The van der Waals surface area contributed by atoms with Gasteiger partial charge in [-0.25, -0.2) is 0 Å². The van der Waals surface area contributed by atoms with Crippen molar-refractivity contribution in [2.75, 3.05) is 21.3 Å². The molecule has 3 aromatic rings. The predicted molar refractivity (Wildman–Crippen MR) is 111 cm³/mol. The van der Waals surface area contributed by atoms with Crippen molar-refractivity contribution in [2.45, 2.75) is 13.1 Å². The molecule has 152 valence electrons. The van der Waals surface area contributed by atoms with E-state index in [-0.39, 0.29) is 0 Å². The lowest BCUT2D eigenvalue weighted by Crippen LogP contribution is -2.36. The number of benzene rings is 2. The Morgan fingerprint density at radius 2 is 1.86 bits per heavy atom. The van der Waals surface area contributed by atoms with Crippen LogP contribution < -0.4 is 20.1 Å². The van der Waals surface area contributed by atoms with Crippen LogP contribution in [0.1, 0.15) is 11.5 Å². The smallest absolute Gasteiger partial charge is 0.246 e. The van der Waals surface area contributed by atoms with Gasteiger partial charge in [-0.05, 0) is 29.8 Å². The molecule has 0 fully saturated rings. The Bertz CT molecular complexity index is 990. The Labute approximate surface area is 173 Å². The van der Waals surface area contributed by atoms with Crippen LogP contribution in [0.3, 0.4) is 0 Å². The van der Waals surface area contributed by atoms with Crippen LogP contribution in [0.15, 0.2) is 52.0 Å². The lowest BCUT2D eigenvalue weighted by atomic mass is 10.2. The first-order chi connectivity index (χ1) is 14.1. The molecule has 2 N–H and O–H groups in total. The van der Waals surface area contributed by atoms with Crippen molar-refractivity contribution >= 4 is 17.6 Å². The van der Waals surface area contributed by atoms with E-state index in [2.05, 4.69) is 25.8 Å². The van der Waals surface area contributed by atoms with Crippen molar-refractivity contribution in [3.8, 4) is 22.9 Å². The summed E-state index contributed by atoms with van der Waals surface area (Å²) in [6.07, 6.45) is 0. The average molecular weight is 416 g/mol. The van der Waals surface area contributed by atoms with Crippen LogP contribution in [0.5, 0.6) is 11.5 Å². The second-order valence-electron chi connectivity index (χ2n) is 5.99. The second-order valence-corrected chi connectivity index (χ2v) is 6.43. The Morgan fingerprint density at radius 3 is 2.59 bits per heavy atom. The average Bonchev–Trinajstić information content (AvgIpc) is 3.22. The maximum absolute atomic E-state index is 6.01. The van der Waals surface area contributed by atoms with Gasteiger partial charge in [-0.1, -0.05) is 35.0 Å². The number of methoxy groups -OCH3 is 2. The van der Waals surface area contributed by atoms with Crippen LogP contribution >= 0.6 is 11.6 Å². The number of rotatable bonds is 7. The van der Waals surface area contributed by atoms with Crippen LogP contribution in [-0.2, 0) is 13.1 Å². The Hall–Kier alpha value is -3.26. The number of guanidine groups is 1. The molecule has 0 atom stereocenters. The monoisotopic (exact) mass is 415 g/mol. The minimum Gasteiger partial charge on any atom is -0.493 e. The molecular weight excluding hydrogens is 394 g/mol. The molecule has 0 radical (unpaired) electrons. The molecule has 29 heavy (non-hydrogen) atoms. The highest BCUT2D eigenvalue weighted by molar-refractivity contribution is 6.30. The topological polar surface area (TPSA) is 93.8 Å². The first-order valence-corrected chi connectivity index (χ1v) is 9.24. The van der Waals surface area contributed by atoms with Gasteiger partial charge >= 0.3 is 0 Å². The SMILES string of the molecule is CN=C(NCc1ccc(OC)c(OC)c1)NCc1nc(-c2cccc(Cl)c2)no1. The highest BCUT2D eigenvalue weighted by Crippen LogP contribution is 2.27. The first kappa shape index (κ1) is 20.5. The number of aromatic nitrogens is 2. The third kappa shape index (κ3) is 5.39. The lowest BCUT2D eigenvalue weighted by Gasteiger charge is -2.12. The van der Waals surface area contributed by atoms with Crippen LogP contribution in [0.2, 0.25) is 5.02 Å². The van der Waals surface area contributed by atoms with Gasteiger partial charge in [-0.15, -0.1) is 0 Å². The third-order valence-electron chi connectivity index (χ3n) is 4.09. The molecule has 0 spiro atoms. The van der Waals surface area contributed by atoms with Crippen molar-refractivity contribution in [3.63, 3.8) is 0 Å². The molecule has 2 aromatic carbocycles. The molecule has 0 aliphatic carbocycles. The van der Waals surface area contributed by atoms with Gasteiger partial charge in [0, 0.05) is 24.2 Å². The summed E-state index contributed by atoms with van der Waals surface area (Å²) in [5.74, 6) is 2.88. The molecule has 0 saturated carbocycles. The summed E-state index contributed by atoms with van der Waals surface area (Å²) in [5, 5.41) is 11.0. The largest absolute Gasteiger partial charge is 0.493 e. The van der Waals surface area contributed by atoms with Gasteiger partial charge in [-0.2, -0.15) is 4.98 Å². The first-order valence-electron chi connectivity index (χ1n) is 8.87. The second kappa shape index (κ2) is 9.79. The zero-order valence-electron chi connectivity index (χ0n) is 16.4. The van der Waals surface area contributed by atoms with Gasteiger partial charge in [0.15, 0.2) is 17.5 Å². The molecule has 0 bridgehead atoms. The predicted octanol–water partition coefficient (Wildman–Crippen LogP) is 3.27. The minimum atomic E-state index is 0.333. The molecule has 1 heterocycles. The van der Waals surface area contributed by atoms with E-state index in [4.69, 9.17) is 25.6 Å². The third-order valence-corrected chi connectivity index (χ3v) is 4.32. The molecule has 0 saturated heterocycles. The van der Waals surface area contributed by atoms with Crippen molar-refractivity contribution in [3.05, 3.63) is 58.9 Å². The fraction of sp³-hybridized carbons (Fsp3) is 0.250. The molecule has 0 amide bonds. The molecule has 1 aromatic heterocycles. The van der Waals surface area contributed by atoms with Crippen molar-refractivity contribution in [1.82, 2.24) is 20.8 Å². The van der Waals surface area contributed by atoms with E-state index in [0.29, 0.717) is 47.3 Å². The number of ether oxygens (including phenoxy) is 2. The number of hydrogen-bond donors (Lipinski definition) is 2. The molecule has 3 rings (SSSR count). The maximum Gasteiger partial charge on any atom is 0.246 e. The Morgan fingerprint density at radius 1 is 1.07 bits per heavy atom. The summed E-state index contributed by atoms with van der Waals surface area (Å²) in [7, 11) is 4.91. The zero-order valence-corrected chi connectivity index (χ0v) is 17.2. The number of hydrogen-bond acceptors (Lipinski definition) is 6. The quantitative estimate of drug-likeness (QED) is 0.451. The van der Waals surface area contributed by atoms with Crippen molar-refractivity contribution in [2.24, 2.45) is 4.99 Å². The van der Waals surface area contributed by atoms with E-state index in [1.165, 1.54) is 0 Å². The van der Waals surface area contributed by atoms with E-state index in [0.717, 1.165) is 11.1 Å². The molecule has 0 aliphatic rings. The summed E-state index contributed by atoms with van der Waals surface area (Å²) in [4.78, 5) is 8.58. The summed E-state index contributed by atoms with van der Waals surface area (Å²) < 4.78 is 15.9. The number of halogens is 1. The normalized spacial score (nSPS) is 11.2. The van der Waals surface area contributed by atoms with E-state index in [1.807, 2.05) is 30.3 Å². The van der Waals surface area contributed by atoms with Crippen LogP contribution in [-0.4, -0.2) is 37.4 Å². The fourth-order valence-corrected chi connectivity index (χ4v) is 2.82. The molecule has 8 nitrogen and oxygen atoms in total. The van der Waals surface area contributed by atoms with Gasteiger partial charge < -0.3 is 24.6 Å². The fourth-order valence-electron chi connectivity index (χ4n) is 2.63. The molecule has 0 unspecified atom stereocenters. The van der Waals surface area contributed by atoms with E-state index >= 15 is 0 Å². The van der Waals surface area contributed by atoms with Crippen LogP contribution in [0, 0.1) is 0 Å². The summed E-state index contributed by atoms with van der Waals surface area (Å²) in [5.41, 5.74) is 1.81. The van der Waals surface area contributed by atoms with Crippen molar-refractivity contribution < 1.29 is 14.0 Å². The standard InChI is InChI=1S/C20H22ClN5O3/c1-22-20(23-11-13-7-8-16(27-2)17(9-13)28-3)24-12-18-25-19(26-29-18)14-5-4-6-15(21)10-14/h4-10H,11-12H2,1-3H3,(H2,22,23,24). The van der Waals surface area contributed by atoms with E-state index in [1.54, 1.807) is 33.4 Å². The minimum absolute atomic E-state index is 0.333. The Kier molecular flexibility index (Phi) is 6.91. The summed E-state index contributed by atoms with van der Waals surface area (Å²) >= 11 is 6.01. The zero-order chi connectivity index (χ0) is 20.6. The highest BCUT2D eigenvalue weighted by atomic mass is 35.5. The van der Waals surface area contributed by atoms with Crippen LogP contribution in [0.4, 0.5) is 0 Å². The van der Waals surface area contributed by atoms with Gasteiger partial charge in [-0.3, -0.25) is 4.99 Å². The van der Waals surface area contributed by atoms with Gasteiger partial charge in [0.25, 0.3) is 0 Å². The lowest BCUT2D eigenvalue weighted by molar-refractivity contribution is 0.354. The summed E-state index contributed by atoms with van der Waals surface area (Å²) in [6, 6.07) is 13.0. The maximum atomic E-state index is 6.01. The van der Waals surface area contributed by atoms with E-state index in [9.17, 15) is 0 Å². The van der Waals surface area contributed by atoms with Crippen LogP contribution in [0.25, 0.3) is 11.4 Å². The molecule has 9 heteroatoms. The van der Waals surface area contributed by atoms with Crippen molar-refractivity contribution in [1.29, 1.82) is 0 Å². The van der Waals surface area contributed by atoms with Gasteiger partial charge in [0.1, 0.15) is 0 Å². The number of nitrogens with one attached hydrogen (secondary N) is 2.